The number of benzene rings is 2. The maximum absolute atomic E-state index is 12.0. The van der Waals surface area contributed by atoms with Crippen LogP contribution in [0.3, 0.4) is 0 Å². The third-order valence-electron chi connectivity index (χ3n) is 3.57. The van der Waals surface area contributed by atoms with Crippen molar-refractivity contribution in [2.75, 3.05) is 18.5 Å². The third kappa shape index (κ3) is 6.32. The molecule has 0 aromatic heterocycles. The number of amides is 1. The molecule has 0 aliphatic carbocycles. The van der Waals surface area contributed by atoms with Crippen molar-refractivity contribution in [1.82, 2.24) is 0 Å². The number of rotatable bonds is 8. The zero-order chi connectivity index (χ0) is 19.6. The van der Waals surface area contributed by atoms with Crippen LogP contribution in [0, 0.1) is 11.3 Å². The minimum atomic E-state index is -0.628. The number of carbonyl (C=O) groups excluding carboxylic acids is 2. The summed E-state index contributed by atoms with van der Waals surface area (Å²) in [6.45, 7) is 2.21. The molecule has 0 heterocycles. The standard InChI is InChI=1S/C20H19ClN2O4/c1-2-3-10-26-17-8-5-14(6-9-17)20(25)27-13-19(24)23-18-11-16(21)7-4-15(18)12-22/h4-9,11H,2-3,10,13H2,1H3,(H,23,24). The van der Waals surface area contributed by atoms with Gasteiger partial charge in [-0.15, -0.1) is 0 Å². The molecule has 7 heteroatoms. The molecule has 0 saturated heterocycles. The van der Waals surface area contributed by atoms with Crippen molar-refractivity contribution >= 4 is 29.2 Å². The molecule has 0 radical (unpaired) electrons. The molecule has 6 nitrogen and oxygen atoms in total. The predicted molar refractivity (Wildman–Crippen MR) is 102 cm³/mol. The van der Waals surface area contributed by atoms with Crippen LogP contribution >= 0.6 is 11.6 Å². The molecule has 0 spiro atoms. The summed E-state index contributed by atoms with van der Waals surface area (Å²) in [6, 6.07) is 13.0. The van der Waals surface area contributed by atoms with Crippen molar-refractivity contribution in [2.45, 2.75) is 19.8 Å². The number of anilines is 1. The van der Waals surface area contributed by atoms with Crippen LogP contribution in [0.25, 0.3) is 0 Å². The van der Waals surface area contributed by atoms with Crippen molar-refractivity contribution < 1.29 is 19.1 Å². The number of nitrogens with one attached hydrogen (secondary N) is 1. The summed E-state index contributed by atoms with van der Waals surface area (Å²) in [6.07, 6.45) is 2.00. The molecule has 0 bridgehead atoms. The highest BCUT2D eigenvalue weighted by Gasteiger charge is 2.12. The fourth-order valence-electron chi connectivity index (χ4n) is 2.14. The average molecular weight is 387 g/mol. The largest absolute Gasteiger partial charge is 0.494 e. The van der Waals surface area contributed by atoms with Gasteiger partial charge in [0.2, 0.25) is 0 Å². The highest BCUT2D eigenvalue weighted by Crippen LogP contribution is 2.20. The lowest BCUT2D eigenvalue weighted by atomic mass is 10.2. The summed E-state index contributed by atoms with van der Waals surface area (Å²) < 4.78 is 10.5. The van der Waals surface area contributed by atoms with Gasteiger partial charge in [-0.25, -0.2) is 4.79 Å². The molecule has 0 saturated carbocycles. The van der Waals surface area contributed by atoms with E-state index in [1.165, 1.54) is 12.1 Å². The molecule has 0 atom stereocenters. The molecule has 0 fully saturated rings. The summed E-state index contributed by atoms with van der Waals surface area (Å²) in [5.41, 5.74) is 0.837. The summed E-state index contributed by atoms with van der Waals surface area (Å²) in [4.78, 5) is 24.0. The highest BCUT2D eigenvalue weighted by atomic mass is 35.5. The number of nitriles is 1. The van der Waals surface area contributed by atoms with Gasteiger partial charge in [-0.2, -0.15) is 5.26 Å². The molecule has 2 aromatic carbocycles. The van der Waals surface area contributed by atoms with E-state index in [4.69, 9.17) is 26.3 Å². The Kier molecular flexibility index (Phi) is 7.65. The number of carbonyl (C=O) groups is 2. The third-order valence-corrected chi connectivity index (χ3v) is 3.80. The minimum absolute atomic E-state index is 0.262. The summed E-state index contributed by atoms with van der Waals surface area (Å²) in [5, 5.41) is 11.9. The Hall–Kier alpha value is -3.04. The zero-order valence-electron chi connectivity index (χ0n) is 14.8. The van der Waals surface area contributed by atoms with E-state index >= 15 is 0 Å². The molecule has 2 rings (SSSR count). The van der Waals surface area contributed by atoms with Gasteiger partial charge in [-0.3, -0.25) is 4.79 Å². The van der Waals surface area contributed by atoms with E-state index in [1.807, 2.05) is 6.07 Å². The van der Waals surface area contributed by atoms with Crippen LogP contribution in [0.5, 0.6) is 5.75 Å². The smallest absolute Gasteiger partial charge is 0.338 e. The van der Waals surface area contributed by atoms with Gasteiger partial charge in [0.1, 0.15) is 11.8 Å². The Morgan fingerprint density at radius 3 is 2.59 bits per heavy atom. The Balaban J connectivity index is 1.87. The summed E-state index contributed by atoms with van der Waals surface area (Å²) in [5.74, 6) is -0.527. The quantitative estimate of drug-likeness (QED) is 0.543. The molecule has 0 aliphatic heterocycles. The average Bonchev–Trinajstić information content (AvgIpc) is 2.67. The first kappa shape index (κ1) is 20.3. The normalized spacial score (nSPS) is 9.96. The van der Waals surface area contributed by atoms with Gasteiger partial charge in [-0.05, 0) is 48.9 Å². The first-order valence-electron chi connectivity index (χ1n) is 8.43. The number of ether oxygens (including phenoxy) is 2. The lowest BCUT2D eigenvalue weighted by Gasteiger charge is -2.09. The van der Waals surface area contributed by atoms with Crippen molar-refractivity contribution in [3.05, 3.63) is 58.6 Å². The van der Waals surface area contributed by atoms with E-state index in [1.54, 1.807) is 30.3 Å². The SMILES string of the molecule is CCCCOc1ccc(C(=O)OCC(=O)Nc2cc(Cl)ccc2C#N)cc1. The molecule has 27 heavy (non-hydrogen) atoms. The number of hydrogen-bond donors (Lipinski definition) is 1. The van der Waals surface area contributed by atoms with Crippen LogP contribution < -0.4 is 10.1 Å². The van der Waals surface area contributed by atoms with E-state index in [9.17, 15) is 9.59 Å². The van der Waals surface area contributed by atoms with Gasteiger partial charge < -0.3 is 14.8 Å². The topological polar surface area (TPSA) is 88.4 Å². The van der Waals surface area contributed by atoms with Gasteiger partial charge >= 0.3 is 5.97 Å². The maximum Gasteiger partial charge on any atom is 0.338 e. The van der Waals surface area contributed by atoms with Crippen LogP contribution in [0.15, 0.2) is 42.5 Å². The zero-order valence-corrected chi connectivity index (χ0v) is 15.6. The second kappa shape index (κ2) is 10.2. The van der Waals surface area contributed by atoms with Gasteiger partial charge in [0, 0.05) is 5.02 Å². The Morgan fingerprint density at radius 2 is 1.93 bits per heavy atom. The van der Waals surface area contributed by atoms with E-state index in [2.05, 4.69) is 12.2 Å². The molecule has 2 aromatic rings. The van der Waals surface area contributed by atoms with E-state index < -0.39 is 18.5 Å². The number of nitrogens with zero attached hydrogens (tertiary/aromatic N) is 1. The highest BCUT2D eigenvalue weighted by molar-refractivity contribution is 6.31. The van der Waals surface area contributed by atoms with Crippen molar-refractivity contribution in [3.63, 3.8) is 0 Å². The van der Waals surface area contributed by atoms with Gasteiger partial charge in [0.05, 0.1) is 23.4 Å². The van der Waals surface area contributed by atoms with Crippen LogP contribution in [0.2, 0.25) is 5.02 Å². The molecule has 1 N–H and O–H groups in total. The van der Waals surface area contributed by atoms with Crippen LogP contribution in [-0.4, -0.2) is 25.1 Å². The van der Waals surface area contributed by atoms with E-state index in [0.29, 0.717) is 22.9 Å². The predicted octanol–water partition coefficient (Wildman–Crippen LogP) is 4.19. The molecular weight excluding hydrogens is 368 g/mol. The van der Waals surface area contributed by atoms with Gasteiger partial charge in [-0.1, -0.05) is 24.9 Å². The Morgan fingerprint density at radius 1 is 1.19 bits per heavy atom. The van der Waals surface area contributed by atoms with E-state index in [0.717, 1.165) is 12.8 Å². The van der Waals surface area contributed by atoms with Crippen LogP contribution in [0.4, 0.5) is 5.69 Å². The molecule has 0 unspecified atom stereocenters. The van der Waals surface area contributed by atoms with Crippen LogP contribution in [0.1, 0.15) is 35.7 Å². The number of halogens is 1. The first-order valence-corrected chi connectivity index (χ1v) is 8.80. The van der Waals surface area contributed by atoms with Crippen molar-refractivity contribution in [2.24, 2.45) is 0 Å². The molecule has 140 valence electrons. The van der Waals surface area contributed by atoms with Crippen molar-refractivity contribution in [1.29, 1.82) is 5.26 Å². The van der Waals surface area contributed by atoms with Crippen LogP contribution in [-0.2, 0) is 9.53 Å². The number of esters is 1. The maximum atomic E-state index is 12.0. The summed E-state index contributed by atoms with van der Waals surface area (Å²) in [7, 11) is 0. The van der Waals surface area contributed by atoms with Crippen molar-refractivity contribution in [3.8, 4) is 11.8 Å². The second-order valence-corrected chi connectivity index (χ2v) is 6.09. The Bertz CT molecular complexity index is 844. The van der Waals surface area contributed by atoms with Gasteiger partial charge in [0.15, 0.2) is 6.61 Å². The first-order chi connectivity index (χ1) is 13.0. The lowest BCUT2D eigenvalue weighted by molar-refractivity contribution is -0.119. The minimum Gasteiger partial charge on any atom is -0.494 e. The molecule has 0 aliphatic rings. The molecular formula is C20H19ClN2O4. The number of hydrogen-bond acceptors (Lipinski definition) is 5. The lowest BCUT2D eigenvalue weighted by Crippen LogP contribution is -2.21. The molecule has 1 amide bonds. The van der Waals surface area contributed by atoms with Gasteiger partial charge in [0.25, 0.3) is 5.91 Å². The summed E-state index contributed by atoms with van der Waals surface area (Å²) >= 11 is 5.86. The number of unbranched alkanes of at least 4 members (excludes halogenated alkanes) is 1. The van der Waals surface area contributed by atoms with E-state index in [-0.39, 0.29) is 11.3 Å². The second-order valence-electron chi connectivity index (χ2n) is 5.65. The fourth-order valence-corrected chi connectivity index (χ4v) is 2.31. The Labute approximate surface area is 162 Å². The monoisotopic (exact) mass is 386 g/mol. The fraction of sp³-hybridized carbons (Fsp3) is 0.250.